The first-order valence-electron chi connectivity index (χ1n) is 22.0. The van der Waals surface area contributed by atoms with Crippen molar-refractivity contribution in [2.24, 2.45) is 0 Å². The Bertz CT molecular complexity index is 2570. The average molecular weight is 911 g/mol. The SMILES string of the molecule is Cc1nc2c(F)cc(-c3nc(Nc4ccc(CN5CCN(CCCOCCCOCCSc6cccc7c6C(=O)N(C6CCC(=O)NC6=O)C7=O)CC5)cn4)ncc3F)cc2n1C(C)C. The maximum absolute atomic E-state index is 15.1. The van der Waals surface area contributed by atoms with Crippen LogP contribution in [0.4, 0.5) is 20.5 Å². The lowest BCUT2D eigenvalue weighted by Crippen LogP contribution is -2.54. The zero-order valence-corrected chi connectivity index (χ0v) is 37.5. The van der Waals surface area contributed by atoms with Gasteiger partial charge in [-0.25, -0.2) is 28.7 Å². The first kappa shape index (κ1) is 45.8. The molecule has 8 rings (SSSR count). The zero-order chi connectivity index (χ0) is 45.6. The molecule has 0 aliphatic carbocycles. The highest BCUT2D eigenvalue weighted by atomic mass is 32.2. The minimum Gasteiger partial charge on any atom is -0.381 e. The van der Waals surface area contributed by atoms with Gasteiger partial charge in [-0.05, 0) is 75.9 Å². The lowest BCUT2D eigenvalue weighted by molar-refractivity contribution is -0.136. The standard InChI is InChI=1S/C46H52F2N10O6S/c1-28(2)57-29(3)51-42-33(47)23-31(24-36(42)57)41-34(48)26-50-46(54-41)52-38-11-9-30(25-49-38)27-56-16-14-55(15-17-56)13-5-18-63-19-6-20-64-21-22-65-37-8-4-7-32-40(37)45(62)58(44(32)61)35-10-12-39(59)53-43(35)60/h4,7-9,11,23-26,28,35H,5-6,10,12-22,27H2,1-3H3,(H,53,59,60)(H,49,50,52,54). The number of carbonyl (C=O) groups excluding carboxylic acids is 4. The van der Waals surface area contributed by atoms with E-state index in [4.69, 9.17) is 9.47 Å². The van der Waals surface area contributed by atoms with Gasteiger partial charge in [0.2, 0.25) is 17.8 Å². The second-order valence-corrected chi connectivity index (χ2v) is 17.7. The molecule has 65 heavy (non-hydrogen) atoms. The van der Waals surface area contributed by atoms with Crippen molar-refractivity contribution in [1.82, 2.24) is 44.5 Å². The van der Waals surface area contributed by atoms with Gasteiger partial charge in [0.25, 0.3) is 11.8 Å². The highest BCUT2D eigenvalue weighted by Crippen LogP contribution is 2.35. The van der Waals surface area contributed by atoms with Gasteiger partial charge < -0.3 is 24.3 Å². The molecular formula is C46H52F2N10O6S. The van der Waals surface area contributed by atoms with Crippen LogP contribution in [0.2, 0.25) is 0 Å². The van der Waals surface area contributed by atoms with E-state index in [1.807, 2.05) is 43.7 Å². The minimum absolute atomic E-state index is 0.0218. The lowest BCUT2D eigenvalue weighted by Gasteiger charge is -2.34. The number of pyridine rings is 1. The number of hydrogen-bond acceptors (Lipinski definition) is 14. The molecule has 2 saturated heterocycles. The summed E-state index contributed by atoms with van der Waals surface area (Å²) < 4.78 is 43.7. The monoisotopic (exact) mass is 910 g/mol. The van der Waals surface area contributed by atoms with Crippen molar-refractivity contribution < 1.29 is 37.4 Å². The molecule has 1 unspecified atom stereocenters. The van der Waals surface area contributed by atoms with E-state index in [2.05, 4.69) is 40.4 Å². The Morgan fingerprint density at radius 1 is 0.877 bits per heavy atom. The first-order valence-corrected chi connectivity index (χ1v) is 22.9. The molecule has 0 radical (unpaired) electrons. The number of imide groups is 2. The van der Waals surface area contributed by atoms with Gasteiger partial charge in [0.15, 0.2) is 11.6 Å². The smallest absolute Gasteiger partial charge is 0.263 e. The number of nitrogens with zero attached hydrogens (tertiary/aromatic N) is 8. The van der Waals surface area contributed by atoms with Crippen molar-refractivity contribution in [2.45, 2.75) is 70.0 Å². The molecular weight excluding hydrogens is 859 g/mol. The number of aryl methyl sites for hydroxylation is 1. The Labute approximate surface area is 379 Å². The van der Waals surface area contributed by atoms with E-state index in [1.54, 1.807) is 24.3 Å². The number of halogens is 2. The summed E-state index contributed by atoms with van der Waals surface area (Å²) in [7, 11) is 0. The Balaban J connectivity index is 0.690. The summed E-state index contributed by atoms with van der Waals surface area (Å²) >= 11 is 1.43. The third kappa shape index (κ3) is 10.5. The summed E-state index contributed by atoms with van der Waals surface area (Å²) in [5.41, 5.74) is 2.72. The average Bonchev–Trinajstić information content (AvgIpc) is 3.76. The molecule has 5 aromatic rings. The molecule has 1 atom stereocenters. The summed E-state index contributed by atoms with van der Waals surface area (Å²) in [5.74, 6) is -1.36. The van der Waals surface area contributed by atoms with Gasteiger partial charge in [-0.3, -0.25) is 34.3 Å². The van der Waals surface area contributed by atoms with E-state index < -0.39 is 41.3 Å². The number of piperazine rings is 1. The van der Waals surface area contributed by atoms with Gasteiger partial charge in [-0.15, -0.1) is 11.8 Å². The topological polar surface area (TPSA) is 177 Å². The number of rotatable bonds is 19. The fourth-order valence-electron chi connectivity index (χ4n) is 8.50. The Kier molecular flexibility index (Phi) is 14.5. The molecule has 0 bridgehead atoms. The number of carbonyl (C=O) groups is 4. The van der Waals surface area contributed by atoms with Crippen LogP contribution in [0.3, 0.4) is 0 Å². The molecule has 2 N–H and O–H groups in total. The quantitative estimate of drug-likeness (QED) is 0.0567. The van der Waals surface area contributed by atoms with E-state index in [9.17, 15) is 19.2 Å². The number of benzene rings is 2. The van der Waals surface area contributed by atoms with Gasteiger partial charge in [0, 0.05) is 94.0 Å². The van der Waals surface area contributed by atoms with Crippen molar-refractivity contribution in [3.05, 3.63) is 89.0 Å². The highest BCUT2D eigenvalue weighted by molar-refractivity contribution is 7.99. The molecule has 0 spiro atoms. The van der Waals surface area contributed by atoms with E-state index >= 15 is 8.78 Å². The van der Waals surface area contributed by atoms with Crippen LogP contribution in [0.25, 0.3) is 22.3 Å². The largest absolute Gasteiger partial charge is 0.381 e. The molecule has 3 aliphatic rings. The van der Waals surface area contributed by atoms with Gasteiger partial charge in [-0.2, -0.15) is 0 Å². The first-order chi connectivity index (χ1) is 31.4. The summed E-state index contributed by atoms with van der Waals surface area (Å²) in [6, 6.07) is 10.9. The number of fused-ring (bicyclic) bond motifs is 2. The number of piperidine rings is 1. The molecule has 4 amide bonds. The van der Waals surface area contributed by atoms with Crippen LogP contribution in [0, 0.1) is 18.6 Å². The van der Waals surface area contributed by atoms with Crippen LogP contribution < -0.4 is 10.6 Å². The molecule has 16 nitrogen and oxygen atoms in total. The number of amides is 4. The van der Waals surface area contributed by atoms with Crippen molar-refractivity contribution in [1.29, 1.82) is 0 Å². The third-order valence-corrected chi connectivity index (χ3v) is 12.7. The maximum Gasteiger partial charge on any atom is 0.263 e. The molecule has 342 valence electrons. The van der Waals surface area contributed by atoms with Gasteiger partial charge in [0.05, 0.1) is 29.4 Å². The summed E-state index contributed by atoms with van der Waals surface area (Å²) in [5, 5.41) is 5.27. The predicted molar refractivity (Wildman–Crippen MR) is 240 cm³/mol. The summed E-state index contributed by atoms with van der Waals surface area (Å²) in [6.45, 7) is 13.6. The maximum atomic E-state index is 15.1. The van der Waals surface area contributed by atoms with Crippen LogP contribution in [-0.4, -0.2) is 134 Å². The normalized spacial score (nSPS) is 17.1. The Hall–Kier alpha value is -5.73. The lowest BCUT2D eigenvalue weighted by atomic mass is 10.0. The number of nitrogens with one attached hydrogen (secondary N) is 2. The second kappa shape index (κ2) is 20.6. The number of aromatic nitrogens is 5. The van der Waals surface area contributed by atoms with Crippen LogP contribution >= 0.6 is 11.8 Å². The fourth-order valence-corrected chi connectivity index (χ4v) is 9.43. The number of hydrogen-bond donors (Lipinski definition) is 2. The molecule has 0 saturated carbocycles. The number of thioether (sulfide) groups is 1. The zero-order valence-electron chi connectivity index (χ0n) is 36.6. The molecule has 3 aliphatic heterocycles. The van der Waals surface area contributed by atoms with Gasteiger partial charge in [-0.1, -0.05) is 12.1 Å². The summed E-state index contributed by atoms with van der Waals surface area (Å²) in [6.07, 6.45) is 4.77. The van der Waals surface area contributed by atoms with E-state index in [-0.39, 0.29) is 41.6 Å². The van der Waals surface area contributed by atoms with E-state index in [1.165, 1.54) is 17.8 Å². The highest BCUT2D eigenvalue weighted by Gasteiger charge is 2.45. The molecule has 2 aromatic carbocycles. The van der Waals surface area contributed by atoms with E-state index in [0.717, 1.165) is 68.8 Å². The number of ether oxygens (including phenoxy) is 2. The van der Waals surface area contributed by atoms with Gasteiger partial charge >= 0.3 is 0 Å². The van der Waals surface area contributed by atoms with Crippen LogP contribution in [-0.2, 0) is 25.6 Å². The van der Waals surface area contributed by atoms with Crippen LogP contribution in [0.1, 0.15) is 77.7 Å². The van der Waals surface area contributed by atoms with Crippen LogP contribution in [0.15, 0.2) is 59.8 Å². The number of imidazole rings is 1. The fraction of sp³-hybridized carbons (Fsp3) is 0.435. The Morgan fingerprint density at radius 3 is 2.40 bits per heavy atom. The van der Waals surface area contributed by atoms with Crippen molar-refractivity contribution >= 4 is 58.2 Å². The molecule has 6 heterocycles. The third-order valence-electron chi connectivity index (χ3n) is 11.7. The Morgan fingerprint density at radius 2 is 1.65 bits per heavy atom. The van der Waals surface area contributed by atoms with Crippen LogP contribution in [0.5, 0.6) is 0 Å². The molecule has 19 heteroatoms. The van der Waals surface area contributed by atoms with Gasteiger partial charge in [0.1, 0.15) is 28.9 Å². The van der Waals surface area contributed by atoms with Crippen molar-refractivity contribution in [3.63, 3.8) is 0 Å². The molecule has 3 aromatic heterocycles. The minimum atomic E-state index is -0.992. The second-order valence-electron chi connectivity index (χ2n) is 16.5. The van der Waals surface area contributed by atoms with Crippen molar-refractivity contribution in [3.8, 4) is 11.3 Å². The molecule has 2 fully saturated rings. The summed E-state index contributed by atoms with van der Waals surface area (Å²) in [4.78, 5) is 74.2. The number of anilines is 2. The van der Waals surface area contributed by atoms with E-state index in [0.29, 0.717) is 65.4 Å². The predicted octanol–water partition coefficient (Wildman–Crippen LogP) is 5.92. The van der Waals surface area contributed by atoms with Crippen molar-refractivity contribution in [2.75, 3.05) is 70.2 Å².